The monoisotopic (exact) mass is 725 g/mol. The van der Waals surface area contributed by atoms with Crippen LogP contribution >= 0.6 is 0 Å². The van der Waals surface area contributed by atoms with Crippen LogP contribution in [0.15, 0.2) is 115 Å². The Kier molecular flexibility index (Phi) is 12.7. The molecule has 0 saturated carbocycles. The second kappa shape index (κ2) is 17.7. The molecule has 2 aliphatic rings. The molecule has 2 saturated heterocycles. The lowest BCUT2D eigenvalue weighted by atomic mass is 9.87. The van der Waals surface area contributed by atoms with Crippen molar-refractivity contribution >= 4 is 29.5 Å². The van der Waals surface area contributed by atoms with Gasteiger partial charge in [0.2, 0.25) is 17.7 Å². The first-order valence-corrected chi connectivity index (χ1v) is 19.3. The van der Waals surface area contributed by atoms with Crippen LogP contribution in [0.2, 0.25) is 0 Å². The molecular weight excluding hydrogens is 671 g/mol. The highest BCUT2D eigenvalue weighted by molar-refractivity contribution is 5.96. The van der Waals surface area contributed by atoms with Crippen molar-refractivity contribution in [2.24, 2.45) is 0 Å². The summed E-state index contributed by atoms with van der Waals surface area (Å²) >= 11 is 0. The number of anilines is 1. The fourth-order valence-electron chi connectivity index (χ4n) is 7.33. The number of amides is 3. The van der Waals surface area contributed by atoms with E-state index in [2.05, 4.69) is 91.2 Å². The molecule has 2 aliphatic heterocycles. The SMILES string of the molecule is CC(=O)N1CCN(c2ccc(CN(C(=O)C=Cc3ccc(C(C)(C)C)cc3)[C@@H](Cc3ccccc3)C(=O)N3CCN(Cc4ccccc4)CC3)cc2)CC1. The lowest BCUT2D eigenvalue weighted by Gasteiger charge is -2.39. The van der Waals surface area contributed by atoms with Crippen LogP contribution in [0.4, 0.5) is 5.69 Å². The Morgan fingerprint density at radius 2 is 1.24 bits per heavy atom. The molecule has 4 aromatic rings. The van der Waals surface area contributed by atoms with Crippen molar-refractivity contribution in [1.29, 1.82) is 0 Å². The third-order valence-electron chi connectivity index (χ3n) is 10.7. The van der Waals surface area contributed by atoms with E-state index in [0.717, 1.165) is 55.1 Å². The van der Waals surface area contributed by atoms with E-state index in [1.807, 2.05) is 64.4 Å². The Hall–Kier alpha value is -5.21. The van der Waals surface area contributed by atoms with Crippen molar-refractivity contribution in [3.63, 3.8) is 0 Å². The molecule has 0 spiro atoms. The third kappa shape index (κ3) is 10.3. The number of piperazine rings is 2. The van der Waals surface area contributed by atoms with Gasteiger partial charge >= 0.3 is 0 Å². The van der Waals surface area contributed by atoms with E-state index in [4.69, 9.17) is 0 Å². The molecule has 54 heavy (non-hydrogen) atoms. The maximum absolute atomic E-state index is 14.7. The Balaban J connectivity index is 1.25. The van der Waals surface area contributed by atoms with Crippen LogP contribution in [0.5, 0.6) is 0 Å². The summed E-state index contributed by atoms with van der Waals surface area (Å²) in [5, 5.41) is 0. The Labute approximate surface area is 321 Å². The summed E-state index contributed by atoms with van der Waals surface area (Å²) in [6.07, 6.45) is 3.90. The van der Waals surface area contributed by atoms with Crippen molar-refractivity contribution in [2.75, 3.05) is 57.3 Å². The van der Waals surface area contributed by atoms with E-state index in [9.17, 15) is 14.4 Å². The van der Waals surface area contributed by atoms with Gasteiger partial charge in [-0.3, -0.25) is 19.3 Å². The summed E-state index contributed by atoms with van der Waals surface area (Å²) in [5.41, 5.74) is 6.52. The lowest BCUT2D eigenvalue weighted by molar-refractivity contribution is -0.145. The molecule has 6 rings (SSSR count). The summed E-state index contributed by atoms with van der Waals surface area (Å²) in [6, 6.07) is 36.4. The van der Waals surface area contributed by atoms with Crippen molar-refractivity contribution in [3.05, 3.63) is 143 Å². The van der Waals surface area contributed by atoms with Crippen molar-refractivity contribution in [1.82, 2.24) is 19.6 Å². The second-order valence-electron chi connectivity index (χ2n) is 15.6. The van der Waals surface area contributed by atoms with Crippen LogP contribution in [0.25, 0.3) is 6.08 Å². The highest BCUT2D eigenvalue weighted by Gasteiger charge is 2.34. The van der Waals surface area contributed by atoms with Gasteiger partial charge in [-0.15, -0.1) is 0 Å². The molecule has 3 amide bonds. The molecule has 2 heterocycles. The average Bonchev–Trinajstić information content (AvgIpc) is 3.19. The quantitative estimate of drug-likeness (QED) is 0.162. The van der Waals surface area contributed by atoms with E-state index in [-0.39, 0.29) is 23.1 Å². The largest absolute Gasteiger partial charge is 0.368 e. The smallest absolute Gasteiger partial charge is 0.247 e. The van der Waals surface area contributed by atoms with Gasteiger partial charge in [-0.2, -0.15) is 0 Å². The van der Waals surface area contributed by atoms with Crippen molar-refractivity contribution < 1.29 is 14.4 Å². The minimum absolute atomic E-state index is 0.0190. The van der Waals surface area contributed by atoms with Gasteiger partial charge in [0.15, 0.2) is 0 Å². The van der Waals surface area contributed by atoms with Crippen LogP contribution < -0.4 is 4.90 Å². The van der Waals surface area contributed by atoms with Gasteiger partial charge in [0, 0.05) is 90.6 Å². The van der Waals surface area contributed by atoms with Gasteiger partial charge in [-0.05, 0) is 51.4 Å². The number of rotatable bonds is 11. The first-order valence-electron chi connectivity index (χ1n) is 19.3. The molecule has 8 nitrogen and oxygen atoms in total. The normalized spacial score (nSPS) is 16.0. The Morgan fingerprint density at radius 3 is 1.81 bits per heavy atom. The van der Waals surface area contributed by atoms with Gasteiger partial charge < -0.3 is 19.6 Å². The number of carbonyl (C=O) groups excluding carboxylic acids is 3. The van der Waals surface area contributed by atoms with Crippen LogP contribution in [0, 0.1) is 0 Å². The van der Waals surface area contributed by atoms with E-state index in [0.29, 0.717) is 39.1 Å². The molecule has 282 valence electrons. The Morgan fingerprint density at radius 1 is 0.667 bits per heavy atom. The number of hydrogen-bond acceptors (Lipinski definition) is 5. The number of nitrogens with zero attached hydrogens (tertiary/aromatic N) is 5. The molecule has 1 atom stereocenters. The standard InChI is InChI=1S/C46H55N5O3/c1-36(52)48-29-31-49(32-30-48)42-22-17-40(18-23-42)35-51(44(53)24-19-37-15-20-41(21-16-37)46(2,3)4)43(33-38-11-7-5-8-12-38)45(54)50-27-25-47(26-28-50)34-39-13-9-6-10-14-39/h5-24,43H,25-35H2,1-4H3/t43-/m0/s1. The Bertz CT molecular complexity index is 1850. The molecule has 0 aliphatic carbocycles. The van der Waals surface area contributed by atoms with Crippen LogP contribution in [0.3, 0.4) is 0 Å². The van der Waals surface area contributed by atoms with E-state index < -0.39 is 6.04 Å². The third-order valence-corrected chi connectivity index (χ3v) is 10.7. The topological polar surface area (TPSA) is 67.4 Å². The lowest BCUT2D eigenvalue weighted by Crippen LogP contribution is -2.56. The molecule has 0 bridgehead atoms. The van der Waals surface area contributed by atoms with Crippen molar-refractivity contribution in [2.45, 2.75) is 58.7 Å². The number of benzene rings is 4. The summed E-state index contributed by atoms with van der Waals surface area (Å²) in [7, 11) is 0. The predicted octanol–water partition coefficient (Wildman–Crippen LogP) is 6.65. The fraction of sp³-hybridized carbons (Fsp3) is 0.370. The molecule has 0 N–H and O–H groups in total. The van der Waals surface area contributed by atoms with Gasteiger partial charge in [-0.1, -0.05) is 118 Å². The molecule has 0 radical (unpaired) electrons. The summed E-state index contributed by atoms with van der Waals surface area (Å²) in [5.74, 6) is -0.106. The van der Waals surface area contributed by atoms with Gasteiger partial charge in [0.1, 0.15) is 6.04 Å². The van der Waals surface area contributed by atoms with Crippen LogP contribution in [0.1, 0.15) is 55.5 Å². The maximum atomic E-state index is 14.7. The maximum Gasteiger partial charge on any atom is 0.247 e. The zero-order valence-corrected chi connectivity index (χ0v) is 32.4. The first-order chi connectivity index (χ1) is 26.0. The molecule has 2 fully saturated rings. The molecule has 0 unspecified atom stereocenters. The first kappa shape index (κ1) is 38.5. The van der Waals surface area contributed by atoms with E-state index >= 15 is 0 Å². The fourth-order valence-corrected chi connectivity index (χ4v) is 7.33. The molecule has 8 heteroatoms. The number of hydrogen-bond donors (Lipinski definition) is 0. The highest BCUT2D eigenvalue weighted by Crippen LogP contribution is 2.24. The molecule has 0 aromatic heterocycles. The van der Waals surface area contributed by atoms with Gasteiger partial charge in [-0.25, -0.2) is 0 Å². The minimum Gasteiger partial charge on any atom is -0.368 e. The van der Waals surface area contributed by atoms with Gasteiger partial charge in [0.05, 0.1) is 0 Å². The van der Waals surface area contributed by atoms with Gasteiger partial charge in [0.25, 0.3) is 0 Å². The summed E-state index contributed by atoms with van der Waals surface area (Å²) < 4.78 is 0. The second-order valence-corrected chi connectivity index (χ2v) is 15.6. The molecular formula is C46H55N5O3. The van der Waals surface area contributed by atoms with Crippen LogP contribution in [-0.2, 0) is 39.3 Å². The summed E-state index contributed by atoms with van der Waals surface area (Å²) in [4.78, 5) is 51.3. The predicted molar refractivity (Wildman–Crippen MR) is 218 cm³/mol. The highest BCUT2D eigenvalue weighted by atomic mass is 16.2. The van der Waals surface area contributed by atoms with E-state index in [1.54, 1.807) is 17.9 Å². The zero-order chi connectivity index (χ0) is 38.1. The van der Waals surface area contributed by atoms with E-state index in [1.165, 1.54) is 11.1 Å². The van der Waals surface area contributed by atoms with Crippen molar-refractivity contribution in [3.8, 4) is 0 Å². The van der Waals surface area contributed by atoms with Crippen LogP contribution in [-0.4, -0.2) is 95.7 Å². The average molecular weight is 726 g/mol. The number of carbonyl (C=O) groups is 3. The molecule has 4 aromatic carbocycles. The summed E-state index contributed by atoms with van der Waals surface area (Å²) in [6.45, 7) is 15.1. The minimum atomic E-state index is -0.687. The zero-order valence-electron chi connectivity index (χ0n) is 32.4.